The fourth-order valence-electron chi connectivity index (χ4n) is 4.34. The van der Waals surface area contributed by atoms with Gasteiger partial charge in [-0.25, -0.2) is 0 Å². The summed E-state index contributed by atoms with van der Waals surface area (Å²) in [5.74, 6) is 0.399. The Hall–Kier alpha value is -2.08. The van der Waals surface area contributed by atoms with Crippen LogP contribution in [0.4, 0.5) is 11.4 Å². The largest absolute Gasteiger partial charge is 0.369 e. The summed E-state index contributed by atoms with van der Waals surface area (Å²) in [7, 11) is 2.08. The third-order valence-corrected chi connectivity index (χ3v) is 5.89. The highest BCUT2D eigenvalue weighted by Crippen LogP contribution is 2.36. The molecule has 3 heterocycles. The lowest BCUT2D eigenvalue weighted by molar-refractivity contribution is -0.140. The maximum Gasteiger partial charge on any atom is 0.250 e. The molecule has 0 bridgehead atoms. The fourth-order valence-corrected chi connectivity index (χ4v) is 4.34. The van der Waals surface area contributed by atoms with Crippen LogP contribution in [0, 0.1) is 5.92 Å². The van der Waals surface area contributed by atoms with Gasteiger partial charge in [0.15, 0.2) is 0 Å². The normalized spacial score (nSPS) is 25.9. The molecule has 2 amide bonds. The van der Waals surface area contributed by atoms with Gasteiger partial charge in [0.2, 0.25) is 11.8 Å². The number of carbonyl (C=O) groups is 2. The predicted molar refractivity (Wildman–Crippen MR) is 97.5 cm³/mol. The molecule has 6 heteroatoms. The molecule has 1 atom stereocenters. The molecule has 1 aromatic rings. The summed E-state index contributed by atoms with van der Waals surface area (Å²) in [6.45, 7) is 3.21. The summed E-state index contributed by atoms with van der Waals surface area (Å²) >= 11 is 0. The van der Waals surface area contributed by atoms with Gasteiger partial charge in [-0.3, -0.25) is 9.59 Å². The molecule has 0 aliphatic carbocycles. The summed E-state index contributed by atoms with van der Waals surface area (Å²) in [5, 5.41) is 6.47. The number of para-hydroxylation sites is 2. The standard InChI is InChI=1S/C19H26N4O2/c1-22-10-4-5-14(13-22)17(24)23-11-8-19(9-12-23)18(25)20-15-6-2-3-7-16(15)21-19/h2-3,6-7,14,21H,4-5,8-13H2,1H3,(H,20,25). The molecule has 2 fully saturated rings. The average molecular weight is 342 g/mol. The Kier molecular flexibility index (Phi) is 4.15. The van der Waals surface area contributed by atoms with Gasteiger partial charge in [-0.1, -0.05) is 12.1 Å². The van der Waals surface area contributed by atoms with Gasteiger partial charge in [-0.15, -0.1) is 0 Å². The zero-order chi connectivity index (χ0) is 17.4. The third kappa shape index (κ3) is 2.99. The fraction of sp³-hybridized carbons (Fsp3) is 0.579. The van der Waals surface area contributed by atoms with Crippen molar-refractivity contribution in [2.75, 3.05) is 43.9 Å². The van der Waals surface area contributed by atoms with Crippen molar-refractivity contribution < 1.29 is 9.59 Å². The van der Waals surface area contributed by atoms with Crippen molar-refractivity contribution in [1.82, 2.24) is 9.80 Å². The van der Waals surface area contributed by atoms with Gasteiger partial charge in [0, 0.05) is 19.6 Å². The molecule has 1 aromatic carbocycles. The maximum absolute atomic E-state index is 12.8. The number of anilines is 2. The lowest BCUT2D eigenvalue weighted by Gasteiger charge is -2.45. The highest BCUT2D eigenvalue weighted by molar-refractivity contribution is 6.06. The number of nitrogens with one attached hydrogen (secondary N) is 2. The second-order valence-corrected chi connectivity index (χ2v) is 7.63. The van der Waals surface area contributed by atoms with Crippen molar-refractivity contribution in [3.05, 3.63) is 24.3 Å². The third-order valence-electron chi connectivity index (χ3n) is 5.89. The van der Waals surface area contributed by atoms with Crippen molar-refractivity contribution in [2.24, 2.45) is 5.92 Å². The minimum Gasteiger partial charge on any atom is -0.369 e. The second-order valence-electron chi connectivity index (χ2n) is 7.63. The molecular formula is C19H26N4O2. The van der Waals surface area contributed by atoms with E-state index in [0.29, 0.717) is 25.9 Å². The number of amides is 2. The molecule has 3 aliphatic heterocycles. The van der Waals surface area contributed by atoms with Crippen LogP contribution in [0.3, 0.4) is 0 Å². The molecule has 1 spiro atoms. The summed E-state index contributed by atoms with van der Waals surface area (Å²) in [4.78, 5) is 29.7. The van der Waals surface area contributed by atoms with Gasteiger partial charge in [-0.2, -0.15) is 0 Å². The summed E-state index contributed by atoms with van der Waals surface area (Å²) in [6, 6.07) is 7.79. The molecule has 4 rings (SSSR count). The topological polar surface area (TPSA) is 64.7 Å². The van der Waals surface area contributed by atoms with Crippen LogP contribution in [0.5, 0.6) is 0 Å². The van der Waals surface area contributed by atoms with Crippen molar-refractivity contribution in [1.29, 1.82) is 0 Å². The van der Waals surface area contributed by atoms with E-state index in [2.05, 4.69) is 22.6 Å². The first kappa shape index (κ1) is 16.4. The van der Waals surface area contributed by atoms with Crippen LogP contribution in [0.2, 0.25) is 0 Å². The van der Waals surface area contributed by atoms with Crippen LogP contribution in [0.1, 0.15) is 25.7 Å². The quantitative estimate of drug-likeness (QED) is 0.816. The maximum atomic E-state index is 12.8. The summed E-state index contributed by atoms with van der Waals surface area (Å²) in [5.41, 5.74) is 1.21. The Morgan fingerprint density at radius 1 is 1.16 bits per heavy atom. The van der Waals surface area contributed by atoms with Crippen LogP contribution >= 0.6 is 0 Å². The molecule has 2 N–H and O–H groups in total. The second kappa shape index (κ2) is 6.33. The molecule has 6 nitrogen and oxygen atoms in total. The molecule has 134 valence electrons. The van der Waals surface area contributed by atoms with E-state index < -0.39 is 5.54 Å². The highest BCUT2D eigenvalue weighted by atomic mass is 16.2. The minimum atomic E-state index is -0.589. The van der Waals surface area contributed by atoms with E-state index in [4.69, 9.17) is 0 Å². The Morgan fingerprint density at radius 3 is 2.60 bits per heavy atom. The van der Waals surface area contributed by atoms with E-state index in [9.17, 15) is 9.59 Å². The zero-order valence-electron chi connectivity index (χ0n) is 14.8. The number of carbonyl (C=O) groups excluding carboxylic acids is 2. The molecule has 25 heavy (non-hydrogen) atoms. The highest BCUT2D eigenvalue weighted by Gasteiger charge is 2.45. The van der Waals surface area contributed by atoms with Crippen LogP contribution in [-0.2, 0) is 9.59 Å². The van der Waals surface area contributed by atoms with Crippen LogP contribution in [0.15, 0.2) is 24.3 Å². The Morgan fingerprint density at radius 2 is 1.88 bits per heavy atom. The summed E-state index contributed by atoms with van der Waals surface area (Å²) < 4.78 is 0. The number of fused-ring (bicyclic) bond motifs is 1. The van der Waals surface area contributed by atoms with E-state index >= 15 is 0 Å². The molecule has 1 unspecified atom stereocenters. The Bertz CT molecular complexity index is 682. The van der Waals surface area contributed by atoms with Gasteiger partial charge in [0.25, 0.3) is 0 Å². The van der Waals surface area contributed by atoms with Gasteiger partial charge in [-0.05, 0) is 51.4 Å². The Labute approximate surface area is 148 Å². The van der Waals surface area contributed by atoms with Crippen LogP contribution < -0.4 is 10.6 Å². The van der Waals surface area contributed by atoms with E-state index in [1.807, 2.05) is 29.2 Å². The molecular weight excluding hydrogens is 316 g/mol. The number of rotatable bonds is 1. The first-order valence-electron chi connectivity index (χ1n) is 9.23. The van der Waals surface area contributed by atoms with Gasteiger partial charge in [0.1, 0.15) is 5.54 Å². The first-order valence-corrected chi connectivity index (χ1v) is 9.23. The zero-order valence-corrected chi connectivity index (χ0v) is 14.8. The number of benzene rings is 1. The smallest absolute Gasteiger partial charge is 0.250 e. The number of hydrogen-bond donors (Lipinski definition) is 2. The Balaban J connectivity index is 1.43. The number of nitrogens with zero attached hydrogens (tertiary/aromatic N) is 2. The van der Waals surface area contributed by atoms with E-state index in [0.717, 1.165) is 37.3 Å². The minimum absolute atomic E-state index is 0.0238. The van der Waals surface area contributed by atoms with Crippen molar-refractivity contribution in [2.45, 2.75) is 31.2 Å². The van der Waals surface area contributed by atoms with E-state index in [1.165, 1.54) is 0 Å². The number of piperidine rings is 2. The predicted octanol–water partition coefficient (Wildman–Crippen LogP) is 1.75. The van der Waals surface area contributed by atoms with Gasteiger partial charge >= 0.3 is 0 Å². The lowest BCUT2D eigenvalue weighted by atomic mass is 9.83. The van der Waals surface area contributed by atoms with E-state index in [1.54, 1.807) is 0 Å². The monoisotopic (exact) mass is 342 g/mol. The van der Waals surface area contributed by atoms with Gasteiger partial charge < -0.3 is 20.4 Å². The van der Waals surface area contributed by atoms with Crippen LogP contribution in [0.25, 0.3) is 0 Å². The van der Waals surface area contributed by atoms with Crippen LogP contribution in [-0.4, -0.2) is 60.4 Å². The lowest BCUT2D eigenvalue weighted by Crippen LogP contribution is -2.59. The average Bonchev–Trinajstić information content (AvgIpc) is 2.63. The van der Waals surface area contributed by atoms with Gasteiger partial charge in [0.05, 0.1) is 17.3 Å². The molecule has 0 saturated carbocycles. The number of hydrogen-bond acceptors (Lipinski definition) is 4. The van der Waals surface area contributed by atoms with Crippen molar-refractivity contribution in [3.63, 3.8) is 0 Å². The van der Waals surface area contributed by atoms with Crippen molar-refractivity contribution in [3.8, 4) is 0 Å². The molecule has 3 aliphatic rings. The first-order chi connectivity index (χ1) is 12.1. The number of likely N-dealkylation sites (tertiary alicyclic amines) is 2. The van der Waals surface area contributed by atoms with Crippen molar-refractivity contribution >= 4 is 23.2 Å². The molecule has 0 aromatic heterocycles. The SMILES string of the molecule is CN1CCCC(C(=O)N2CCC3(CC2)Nc2ccccc2NC3=O)C1. The molecule has 0 radical (unpaired) electrons. The molecule has 2 saturated heterocycles. The van der Waals surface area contributed by atoms with E-state index in [-0.39, 0.29) is 17.7 Å². The summed E-state index contributed by atoms with van der Waals surface area (Å²) in [6.07, 6.45) is 3.38.